The molecule has 0 spiro atoms. The predicted octanol–water partition coefficient (Wildman–Crippen LogP) is 0.123. The van der Waals surface area contributed by atoms with Crippen molar-refractivity contribution in [3.8, 4) is 0 Å². The Hall–Kier alpha value is -0.125. The molecule has 1 rings (SSSR count). The topological polar surface area (TPSA) is 37.3 Å². The summed E-state index contributed by atoms with van der Waals surface area (Å²) in [6, 6.07) is 1.49. The highest BCUT2D eigenvalue weighted by Gasteiger charge is 1.99. The van der Waals surface area contributed by atoms with Gasteiger partial charge in [0.05, 0.1) is 0 Å². The molecule has 1 aromatic heterocycles. The largest absolute Gasteiger partial charge is 0.302 e. The van der Waals surface area contributed by atoms with Gasteiger partial charge in [-0.05, 0) is 11.4 Å². The summed E-state index contributed by atoms with van der Waals surface area (Å²) >= 11 is -0.687. The SMILES string of the molecule is [B]c1csc(S(=O)O)c1. The van der Waals surface area contributed by atoms with Crippen molar-refractivity contribution >= 4 is 35.7 Å². The van der Waals surface area contributed by atoms with E-state index < -0.39 is 11.1 Å². The van der Waals surface area contributed by atoms with E-state index in [9.17, 15) is 4.21 Å². The van der Waals surface area contributed by atoms with Crippen LogP contribution >= 0.6 is 11.3 Å². The maximum absolute atomic E-state index is 10.3. The minimum Gasteiger partial charge on any atom is -0.302 e. The highest BCUT2D eigenvalue weighted by Crippen LogP contribution is 2.08. The smallest absolute Gasteiger partial charge is 0.196 e. The maximum atomic E-state index is 10.3. The number of rotatable bonds is 1. The molecule has 0 aliphatic rings. The van der Waals surface area contributed by atoms with Crippen LogP contribution in [-0.2, 0) is 11.1 Å². The summed E-state index contributed by atoms with van der Waals surface area (Å²) in [5, 5.41) is 1.63. The second kappa shape index (κ2) is 2.64. The van der Waals surface area contributed by atoms with Crippen molar-refractivity contribution in [1.82, 2.24) is 0 Å². The Kier molecular flexibility index (Phi) is 2.05. The Morgan fingerprint density at radius 3 is 2.67 bits per heavy atom. The number of thiophene rings is 1. The third-order valence-corrected chi connectivity index (χ3v) is 2.69. The molecule has 0 aliphatic carbocycles. The van der Waals surface area contributed by atoms with Gasteiger partial charge in [-0.2, -0.15) is 0 Å². The van der Waals surface area contributed by atoms with Crippen LogP contribution in [0.2, 0.25) is 0 Å². The van der Waals surface area contributed by atoms with Gasteiger partial charge in [-0.25, -0.2) is 4.21 Å². The Morgan fingerprint density at radius 1 is 1.78 bits per heavy atom. The normalized spacial score (nSPS) is 13.4. The lowest BCUT2D eigenvalue weighted by Crippen LogP contribution is -1.94. The standard InChI is InChI=1S/C4H3BO2S2/c5-3-1-4(8-2-3)9(6)7/h1-2H,(H,6,7). The first-order valence-corrected chi connectivity index (χ1v) is 4.13. The van der Waals surface area contributed by atoms with E-state index in [0.29, 0.717) is 9.67 Å². The molecule has 0 bridgehead atoms. The van der Waals surface area contributed by atoms with Crippen molar-refractivity contribution in [2.45, 2.75) is 4.21 Å². The molecule has 9 heavy (non-hydrogen) atoms. The fraction of sp³-hybridized carbons (Fsp3) is 0. The summed E-state index contributed by atoms with van der Waals surface area (Å²) in [7, 11) is 5.28. The second-order valence-electron chi connectivity index (χ2n) is 1.45. The zero-order chi connectivity index (χ0) is 6.85. The number of hydrogen-bond donors (Lipinski definition) is 1. The Balaban J connectivity index is 2.98. The van der Waals surface area contributed by atoms with Gasteiger partial charge in [0.1, 0.15) is 12.1 Å². The van der Waals surface area contributed by atoms with Crippen LogP contribution in [0, 0.1) is 0 Å². The van der Waals surface area contributed by atoms with Gasteiger partial charge in [-0.1, -0.05) is 5.46 Å². The first-order chi connectivity index (χ1) is 4.20. The molecule has 5 heteroatoms. The fourth-order valence-corrected chi connectivity index (χ4v) is 1.66. The van der Waals surface area contributed by atoms with E-state index in [1.807, 2.05) is 0 Å². The highest BCUT2D eigenvalue weighted by atomic mass is 32.2. The summed E-state index contributed by atoms with van der Waals surface area (Å²) in [6.45, 7) is 0. The van der Waals surface area contributed by atoms with Gasteiger partial charge in [0.25, 0.3) is 0 Å². The molecule has 1 atom stereocenters. The molecule has 1 heterocycles. The molecule has 0 saturated carbocycles. The summed E-state index contributed by atoms with van der Waals surface area (Å²) in [6.07, 6.45) is 0. The molecule has 0 amide bonds. The van der Waals surface area contributed by atoms with Crippen LogP contribution in [0.4, 0.5) is 0 Å². The maximum Gasteiger partial charge on any atom is 0.196 e. The average molecular weight is 158 g/mol. The van der Waals surface area contributed by atoms with Gasteiger partial charge in [-0.3, -0.25) is 0 Å². The van der Waals surface area contributed by atoms with Crippen molar-refractivity contribution in [3.63, 3.8) is 0 Å². The first kappa shape index (κ1) is 6.99. The summed E-state index contributed by atoms with van der Waals surface area (Å²) in [5.41, 5.74) is 0.539. The highest BCUT2D eigenvalue weighted by molar-refractivity contribution is 7.81. The second-order valence-corrected chi connectivity index (χ2v) is 3.56. The molecule has 1 unspecified atom stereocenters. The monoisotopic (exact) mass is 158 g/mol. The Morgan fingerprint density at radius 2 is 2.44 bits per heavy atom. The molecule has 1 aromatic rings. The zero-order valence-electron chi connectivity index (χ0n) is 4.40. The molecular formula is C4H3BO2S2. The Labute approximate surface area is 60.6 Å². The average Bonchev–Trinajstić information content (AvgIpc) is 2.14. The summed E-state index contributed by atoms with van der Waals surface area (Å²) in [5.74, 6) is 0. The van der Waals surface area contributed by atoms with E-state index in [1.165, 1.54) is 17.4 Å². The van der Waals surface area contributed by atoms with E-state index >= 15 is 0 Å². The molecule has 0 aromatic carbocycles. The van der Waals surface area contributed by atoms with Crippen LogP contribution in [0.5, 0.6) is 0 Å². The van der Waals surface area contributed by atoms with E-state index in [1.54, 1.807) is 5.38 Å². The summed E-state index contributed by atoms with van der Waals surface area (Å²) < 4.78 is 19.1. The molecular weight excluding hydrogens is 155 g/mol. The van der Waals surface area contributed by atoms with Crippen LogP contribution in [0.1, 0.15) is 0 Å². The van der Waals surface area contributed by atoms with E-state index in [4.69, 9.17) is 12.4 Å². The van der Waals surface area contributed by atoms with Crippen molar-refractivity contribution in [1.29, 1.82) is 0 Å². The van der Waals surface area contributed by atoms with Gasteiger partial charge < -0.3 is 4.55 Å². The van der Waals surface area contributed by atoms with Gasteiger partial charge >= 0.3 is 0 Å². The third kappa shape index (κ3) is 1.64. The summed E-state index contributed by atoms with van der Waals surface area (Å²) in [4.78, 5) is 0. The van der Waals surface area contributed by atoms with Crippen LogP contribution in [-0.4, -0.2) is 16.6 Å². The van der Waals surface area contributed by atoms with E-state index in [2.05, 4.69) is 0 Å². The van der Waals surface area contributed by atoms with E-state index in [0.717, 1.165) is 0 Å². The molecule has 0 aliphatic heterocycles. The van der Waals surface area contributed by atoms with Gasteiger partial charge in [0.15, 0.2) is 11.1 Å². The quantitative estimate of drug-likeness (QED) is 0.465. The molecule has 0 saturated heterocycles. The molecule has 0 fully saturated rings. The minimum absolute atomic E-state index is 0.396. The lowest BCUT2D eigenvalue weighted by Gasteiger charge is -1.81. The van der Waals surface area contributed by atoms with Crippen molar-refractivity contribution < 1.29 is 8.76 Å². The molecule has 46 valence electrons. The van der Waals surface area contributed by atoms with Gasteiger partial charge in [0, 0.05) is 0 Å². The van der Waals surface area contributed by atoms with Crippen LogP contribution in [0.3, 0.4) is 0 Å². The minimum atomic E-state index is -1.87. The molecule has 2 radical (unpaired) electrons. The van der Waals surface area contributed by atoms with E-state index in [-0.39, 0.29) is 0 Å². The van der Waals surface area contributed by atoms with Gasteiger partial charge in [0.2, 0.25) is 0 Å². The third-order valence-electron chi connectivity index (χ3n) is 0.768. The van der Waals surface area contributed by atoms with Crippen molar-refractivity contribution in [3.05, 3.63) is 11.4 Å². The zero-order valence-corrected chi connectivity index (χ0v) is 6.04. The van der Waals surface area contributed by atoms with Crippen LogP contribution in [0.25, 0.3) is 0 Å². The first-order valence-electron chi connectivity index (χ1n) is 2.15. The van der Waals surface area contributed by atoms with Gasteiger partial charge in [-0.15, -0.1) is 11.3 Å². The van der Waals surface area contributed by atoms with Crippen molar-refractivity contribution in [2.24, 2.45) is 0 Å². The lowest BCUT2D eigenvalue weighted by atomic mass is 10.0. The van der Waals surface area contributed by atoms with Crippen molar-refractivity contribution in [2.75, 3.05) is 0 Å². The molecule has 1 N–H and O–H groups in total. The fourth-order valence-electron chi connectivity index (χ4n) is 0.422. The number of hydrogen-bond acceptors (Lipinski definition) is 2. The van der Waals surface area contributed by atoms with Crippen LogP contribution < -0.4 is 5.46 Å². The lowest BCUT2D eigenvalue weighted by molar-refractivity contribution is 0.566. The van der Waals surface area contributed by atoms with Crippen LogP contribution in [0.15, 0.2) is 15.7 Å². The Bertz CT molecular complexity index is 232. The predicted molar refractivity (Wildman–Crippen MR) is 38.7 cm³/mol. The molecule has 2 nitrogen and oxygen atoms in total.